The molecule has 0 radical (unpaired) electrons. The number of amides is 1. The van der Waals surface area contributed by atoms with Crippen molar-refractivity contribution >= 4 is 11.9 Å². The van der Waals surface area contributed by atoms with Crippen molar-refractivity contribution < 1.29 is 19.5 Å². The van der Waals surface area contributed by atoms with Crippen molar-refractivity contribution in [3.63, 3.8) is 0 Å². The Balaban J connectivity index is 2.01. The minimum absolute atomic E-state index is 0.223. The third kappa shape index (κ3) is 2.10. The Labute approximate surface area is 87.1 Å². The van der Waals surface area contributed by atoms with Crippen LogP contribution in [0.1, 0.15) is 19.3 Å². The molecule has 0 aromatic rings. The maximum Gasteiger partial charge on any atom is 0.325 e. The number of piperidine rings is 1. The molecule has 2 N–H and O–H groups in total. The van der Waals surface area contributed by atoms with Gasteiger partial charge in [-0.3, -0.25) is 14.4 Å². The van der Waals surface area contributed by atoms with Gasteiger partial charge in [-0.2, -0.15) is 0 Å². The highest BCUT2D eigenvalue weighted by Crippen LogP contribution is 2.34. The normalized spacial score (nSPS) is 24.8. The molecule has 2 rings (SSSR count). The zero-order chi connectivity index (χ0) is 10.9. The summed E-state index contributed by atoms with van der Waals surface area (Å²) >= 11 is 0. The van der Waals surface area contributed by atoms with Gasteiger partial charge in [0, 0.05) is 0 Å². The van der Waals surface area contributed by atoms with E-state index in [1.165, 1.54) is 0 Å². The molecule has 0 unspecified atom stereocenters. The first-order chi connectivity index (χ1) is 7.11. The number of hydrogen-bond donors (Lipinski definition) is 2. The predicted octanol–water partition coefficient (Wildman–Crippen LogP) is -0.643. The Morgan fingerprint density at radius 2 is 2.20 bits per heavy atom. The van der Waals surface area contributed by atoms with E-state index in [9.17, 15) is 9.59 Å². The van der Waals surface area contributed by atoms with Gasteiger partial charge in [-0.05, 0) is 25.9 Å². The molecule has 0 atom stereocenters. The van der Waals surface area contributed by atoms with Crippen LogP contribution in [-0.2, 0) is 14.4 Å². The van der Waals surface area contributed by atoms with Crippen LogP contribution in [0, 0.1) is 0 Å². The lowest BCUT2D eigenvalue weighted by Gasteiger charge is -2.31. The molecule has 6 nitrogen and oxygen atoms in total. The Morgan fingerprint density at radius 1 is 1.53 bits per heavy atom. The molecule has 2 heterocycles. The molecule has 0 aliphatic carbocycles. The minimum Gasteiger partial charge on any atom is -0.480 e. The first-order valence-corrected chi connectivity index (χ1v) is 5.03. The molecular formula is C9H14N2O4. The largest absolute Gasteiger partial charge is 0.480 e. The van der Waals surface area contributed by atoms with Crippen molar-refractivity contribution in [2.24, 2.45) is 0 Å². The maximum absolute atomic E-state index is 11.5. The SMILES string of the molecule is O=C(O)CN1OC2(CCNCC2)CC1=O. The van der Waals surface area contributed by atoms with Gasteiger partial charge in [0.05, 0.1) is 6.42 Å². The van der Waals surface area contributed by atoms with Gasteiger partial charge < -0.3 is 10.4 Å². The van der Waals surface area contributed by atoms with Crippen LogP contribution in [0.2, 0.25) is 0 Å². The summed E-state index contributed by atoms with van der Waals surface area (Å²) in [5.41, 5.74) is -0.447. The van der Waals surface area contributed by atoms with E-state index >= 15 is 0 Å². The predicted molar refractivity (Wildman–Crippen MR) is 49.9 cm³/mol. The van der Waals surface area contributed by atoms with Gasteiger partial charge in [0.25, 0.3) is 0 Å². The van der Waals surface area contributed by atoms with E-state index in [1.54, 1.807) is 0 Å². The van der Waals surface area contributed by atoms with Crippen LogP contribution in [0.4, 0.5) is 0 Å². The maximum atomic E-state index is 11.5. The Hall–Kier alpha value is -1.14. The zero-order valence-electron chi connectivity index (χ0n) is 8.36. The van der Waals surface area contributed by atoms with Gasteiger partial charge in [0.2, 0.25) is 5.91 Å². The molecule has 2 aliphatic rings. The van der Waals surface area contributed by atoms with E-state index in [2.05, 4.69) is 5.32 Å². The van der Waals surface area contributed by atoms with E-state index in [0.717, 1.165) is 31.0 Å². The molecule has 0 bridgehead atoms. The Bertz CT molecular complexity index is 286. The fraction of sp³-hybridized carbons (Fsp3) is 0.778. The molecule has 0 aromatic carbocycles. The molecule has 2 saturated heterocycles. The summed E-state index contributed by atoms with van der Waals surface area (Å²) in [6.07, 6.45) is 1.83. The van der Waals surface area contributed by atoms with Gasteiger partial charge >= 0.3 is 5.97 Å². The quantitative estimate of drug-likeness (QED) is 0.639. The summed E-state index contributed by atoms with van der Waals surface area (Å²) in [6, 6.07) is 0. The zero-order valence-corrected chi connectivity index (χ0v) is 8.36. The van der Waals surface area contributed by atoms with Crippen molar-refractivity contribution in [2.75, 3.05) is 19.6 Å². The summed E-state index contributed by atoms with van der Waals surface area (Å²) in [7, 11) is 0. The van der Waals surface area contributed by atoms with Crippen LogP contribution >= 0.6 is 0 Å². The van der Waals surface area contributed by atoms with Crippen LogP contribution < -0.4 is 5.32 Å². The Kier molecular flexibility index (Phi) is 2.62. The highest BCUT2D eigenvalue weighted by molar-refractivity contribution is 5.82. The van der Waals surface area contributed by atoms with Crippen molar-refractivity contribution in [2.45, 2.75) is 24.9 Å². The summed E-state index contributed by atoms with van der Waals surface area (Å²) in [5, 5.41) is 12.8. The number of carboxylic acid groups (broad SMARTS) is 1. The first-order valence-electron chi connectivity index (χ1n) is 5.03. The standard InChI is InChI=1S/C9H14N2O4/c12-7-5-9(1-3-10-4-2-9)15-11(7)6-8(13)14/h10H,1-6H2,(H,13,14). The topological polar surface area (TPSA) is 78.9 Å². The van der Waals surface area contributed by atoms with E-state index < -0.39 is 11.6 Å². The number of hydroxylamine groups is 2. The van der Waals surface area contributed by atoms with E-state index in [-0.39, 0.29) is 12.5 Å². The molecule has 1 spiro atoms. The average Bonchev–Trinajstić information content (AvgIpc) is 2.43. The van der Waals surface area contributed by atoms with Crippen molar-refractivity contribution in [1.29, 1.82) is 0 Å². The second-order valence-electron chi connectivity index (χ2n) is 4.03. The number of carbonyl (C=O) groups excluding carboxylic acids is 1. The third-order valence-electron chi connectivity index (χ3n) is 2.85. The van der Waals surface area contributed by atoms with Crippen molar-refractivity contribution in [3.05, 3.63) is 0 Å². The second-order valence-corrected chi connectivity index (χ2v) is 4.03. The van der Waals surface area contributed by atoms with E-state index in [0.29, 0.717) is 6.42 Å². The van der Waals surface area contributed by atoms with Crippen LogP contribution in [-0.4, -0.2) is 47.3 Å². The number of carboxylic acids is 1. The molecule has 1 amide bonds. The van der Waals surface area contributed by atoms with E-state index in [1.807, 2.05) is 0 Å². The smallest absolute Gasteiger partial charge is 0.325 e. The summed E-state index contributed by atoms with van der Waals surface area (Å²) in [4.78, 5) is 27.5. The van der Waals surface area contributed by atoms with Gasteiger partial charge in [0.15, 0.2) is 0 Å². The minimum atomic E-state index is -1.05. The van der Waals surface area contributed by atoms with Crippen LogP contribution in [0.15, 0.2) is 0 Å². The molecule has 15 heavy (non-hydrogen) atoms. The van der Waals surface area contributed by atoms with Crippen LogP contribution in [0.5, 0.6) is 0 Å². The lowest BCUT2D eigenvalue weighted by Crippen LogP contribution is -2.42. The number of rotatable bonds is 2. The van der Waals surface area contributed by atoms with Crippen molar-refractivity contribution in [1.82, 2.24) is 10.4 Å². The third-order valence-corrected chi connectivity index (χ3v) is 2.85. The monoisotopic (exact) mass is 214 g/mol. The highest BCUT2D eigenvalue weighted by Gasteiger charge is 2.45. The summed E-state index contributed by atoms with van der Waals surface area (Å²) in [5.74, 6) is -1.27. The molecule has 6 heteroatoms. The average molecular weight is 214 g/mol. The fourth-order valence-corrected chi connectivity index (χ4v) is 2.07. The first kappa shape index (κ1) is 10.4. The lowest BCUT2D eigenvalue weighted by atomic mass is 9.90. The Morgan fingerprint density at radius 3 is 2.80 bits per heavy atom. The van der Waals surface area contributed by atoms with Gasteiger partial charge in [0.1, 0.15) is 12.1 Å². The molecule has 0 aromatic heterocycles. The molecule has 2 aliphatic heterocycles. The molecule has 84 valence electrons. The number of hydrogen-bond acceptors (Lipinski definition) is 4. The van der Waals surface area contributed by atoms with Gasteiger partial charge in [-0.1, -0.05) is 0 Å². The van der Waals surface area contributed by atoms with Gasteiger partial charge in [-0.15, -0.1) is 0 Å². The molecule has 0 saturated carbocycles. The second kappa shape index (κ2) is 3.79. The number of nitrogens with zero attached hydrogens (tertiary/aromatic N) is 1. The van der Waals surface area contributed by atoms with E-state index in [4.69, 9.17) is 9.94 Å². The number of aliphatic carboxylic acids is 1. The number of nitrogens with one attached hydrogen (secondary N) is 1. The van der Waals surface area contributed by atoms with Gasteiger partial charge in [-0.25, -0.2) is 5.06 Å². The highest BCUT2D eigenvalue weighted by atomic mass is 16.7. The van der Waals surface area contributed by atoms with Crippen LogP contribution in [0.25, 0.3) is 0 Å². The lowest BCUT2D eigenvalue weighted by molar-refractivity contribution is -0.208. The molecular weight excluding hydrogens is 200 g/mol. The molecule has 2 fully saturated rings. The number of carbonyl (C=O) groups is 2. The summed E-state index contributed by atoms with van der Waals surface area (Å²) in [6.45, 7) is 1.26. The fourth-order valence-electron chi connectivity index (χ4n) is 2.07. The van der Waals surface area contributed by atoms with Crippen molar-refractivity contribution in [3.8, 4) is 0 Å². The summed E-state index contributed by atoms with van der Waals surface area (Å²) < 4.78 is 0. The van der Waals surface area contributed by atoms with Crippen LogP contribution in [0.3, 0.4) is 0 Å².